The lowest BCUT2D eigenvalue weighted by molar-refractivity contribution is -0.297. The second-order valence-corrected chi connectivity index (χ2v) is 6.14. The molecule has 0 N–H and O–H groups in total. The smallest absolute Gasteiger partial charge is 0.0642 e. The van der Waals surface area contributed by atoms with Crippen LogP contribution in [-0.2, 0) is 4.79 Å². The average molecular weight is 307 g/mol. The highest BCUT2D eigenvalue weighted by atomic mass is 16.4. The van der Waals surface area contributed by atoms with Crippen molar-refractivity contribution in [1.82, 2.24) is 0 Å². The fraction of sp³-hybridized carbons (Fsp3) is 0.750. The van der Waals surface area contributed by atoms with Gasteiger partial charge in [-0.3, -0.25) is 0 Å². The molecule has 0 aromatic heterocycles. The third-order valence-corrected chi connectivity index (χ3v) is 3.95. The first-order valence-electron chi connectivity index (χ1n) is 9.31. The van der Waals surface area contributed by atoms with Gasteiger partial charge in [0.2, 0.25) is 0 Å². The lowest BCUT2D eigenvalue weighted by Crippen LogP contribution is -2.18. The molecule has 0 unspecified atom stereocenters. The Hall–Kier alpha value is -1.05. The largest absolute Gasteiger partial charge is 0.545 e. The highest BCUT2D eigenvalue weighted by Gasteiger charge is 1.93. The van der Waals surface area contributed by atoms with Gasteiger partial charge in [-0.05, 0) is 18.9 Å². The van der Waals surface area contributed by atoms with Gasteiger partial charge in [0.1, 0.15) is 0 Å². The molecular weight excluding hydrogens is 272 g/mol. The molecule has 0 fully saturated rings. The summed E-state index contributed by atoms with van der Waals surface area (Å²) in [4.78, 5) is 10.1. The van der Waals surface area contributed by atoms with Crippen LogP contribution in [0.4, 0.5) is 0 Å². The number of rotatable bonds is 16. The van der Waals surface area contributed by atoms with E-state index in [-0.39, 0.29) is 0 Å². The van der Waals surface area contributed by atoms with Crippen LogP contribution < -0.4 is 5.11 Å². The number of carboxylic acids is 1. The summed E-state index contributed by atoms with van der Waals surface area (Å²) < 4.78 is 0. The first-order valence-corrected chi connectivity index (χ1v) is 9.31. The number of carboxylic acid groups (broad SMARTS) is 1. The van der Waals surface area contributed by atoms with Crippen molar-refractivity contribution in [1.29, 1.82) is 0 Å². The zero-order chi connectivity index (χ0) is 16.3. The Morgan fingerprint density at radius 3 is 1.64 bits per heavy atom. The van der Waals surface area contributed by atoms with Crippen molar-refractivity contribution in [3.63, 3.8) is 0 Å². The monoisotopic (exact) mass is 307 g/mol. The second-order valence-electron chi connectivity index (χ2n) is 6.14. The van der Waals surface area contributed by atoms with E-state index in [0.717, 1.165) is 12.5 Å². The Bertz CT molecular complexity index is 292. The highest BCUT2D eigenvalue weighted by molar-refractivity contribution is 5.77. The van der Waals surface area contributed by atoms with Crippen LogP contribution >= 0.6 is 0 Å². The van der Waals surface area contributed by atoms with E-state index in [2.05, 4.69) is 6.92 Å². The molecule has 2 nitrogen and oxygen atoms in total. The normalized spacial score (nSPS) is 11.7. The number of hydrogen-bond acceptors (Lipinski definition) is 2. The molecule has 2 heteroatoms. The van der Waals surface area contributed by atoms with Crippen LogP contribution in [0.25, 0.3) is 0 Å². The minimum Gasteiger partial charge on any atom is -0.545 e. The number of carbonyl (C=O) groups excluding carboxylic acids is 1. The van der Waals surface area contributed by atoms with E-state index in [9.17, 15) is 9.90 Å². The molecule has 0 bridgehead atoms. The Morgan fingerprint density at radius 2 is 1.18 bits per heavy atom. The highest BCUT2D eigenvalue weighted by Crippen LogP contribution is 2.12. The molecule has 0 aliphatic heterocycles. The first kappa shape index (κ1) is 20.9. The zero-order valence-electron chi connectivity index (χ0n) is 14.5. The predicted octanol–water partition coefficient (Wildman–Crippen LogP) is 5.33. The summed E-state index contributed by atoms with van der Waals surface area (Å²) in [6.45, 7) is 2.27. The van der Waals surface area contributed by atoms with Gasteiger partial charge in [-0.15, -0.1) is 0 Å². The lowest BCUT2D eigenvalue weighted by Gasteiger charge is -2.02. The molecule has 0 saturated heterocycles. The number of hydrogen-bond donors (Lipinski definition) is 0. The molecule has 22 heavy (non-hydrogen) atoms. The quantitative estimate of drug-likeness (QED) is 0.220. The molecular formula is C20H35O2-. The third kappa shape index (κ3) is 18.9. The standard InChI is InChI=1S/C20H36O2/c1-2-3-4-5-6-7-8-9-10-11-12-13-14-15-16-17-18-19-20(21)22/h16-19H,2-15H2,1H3,(H,21,22)/p-1/b17-16+,19-18+. The maximum absolute atomic E-state index is 10.1. The SMILES string of the molecule is CCCCCCCCCCCCCCC/C=C/C=C/C(=O)[O-]. The van der Waals surface area contributed by atoms with Crippen molar-refractivity contribution < 1.29 is 9.90 Å². The van der Waals surface area contributed by atoms with Crippen LogP contribution in [0.15, 0.2) is 24.3 Å². The van der Waals surface area contributed by atoms with Crippen LogP contribution in [0.5, 0.6) is 0 Å². The van der Waals surface area contributed by atoms with Gasteiger partial charge in [0.05, 0.1) is 5.97 Å². The maximum atomic E-state index is 10.1. The zero-order valence-corrected chi connectivity index (χ0v) is 14.5. The molecule has 0 aliphatic carbocycles. The van der Waals surface area contributed by atoms with Gasteiger partial charge >= 0.3 is 0 Å². The van der Waals surface area contributed by atoms with Crippen molar-refractivity contribution in [2.24, 2.45) is 0 Å². The summed E-state index contributed by atoms with van der Waals surface area (Å²) in [6.07, 6.45) is 25.3. The van der Waals surface area contributed by atoms with E-state index < -0.39 is 5.97 Å². The molecule has 0 amide bonds. The molecule has 0 aliphatic rings. The Morgan fingerprint density at radius 1 is 0.727 bits per heavy atom. The number of allylic oxidation sites excluding steroid dienone is 3. The minimum absolute atomic E-state index is 1.04. The van der Waals surface area contributed by atoms with Gasteiger partial charge in [0.15, 0.2) is 0 Å². The average Bonchev–Trinajstić information content (AvgIpc) is 2.50. The van der Waals surface area contributed by atoms with Crippen LogP contribution in [-0.4, -0.2) is 5.97 Å². The van der Waals surface area contributed by atoms with Gasteiger partial charge < -0.3 is 9.90 Å². The lowest BCUT2D eigenvalue weighted by atomic mass is 10.0. The minimum atomic E-state index is -1.13. The van der Waals surface area contributed by atoms with Crippen LogP contribution in [0.2, 0.25) is 0 Å². The van der Waals surface area contributed by atoms with Crippen molar-refractivity contribution in [3.05, 3.63) is 24.3 Å². The fourth-order valence-corrected chi connectivity index (χ4v) is 2.59. The van der Waals surface area contributed by atoms with Crippen molar-refractivity contribution in [2.75, 3.05) is 0 Å². The summed E-state index contributed by atoms with van der Waals surface area (Å²) in [5, 5.41) is 10.1. The summed E-state index contributed by atoms with van der Waals surface area (Å²) in [6, 6.07) is 0. The Labute approximate surface area is 137 Å². The van der Waals surface area contributed by atoms with Gasteiger partial charge in [-0.2, -0.15) is 0 Å². The van der Waals surface area contributed by atoms with Gasteiger partial charge in [0.25, 0.3) is 0 Å². The number of aliphatic carboxylic acids is 1. The Kier molecular flexibility index (Phi) is 17.1. The molecule has 0 spiro atoms. The van der Waals surface area contributed by atoms with Crippen molar-refractivity contribution in [2.45, 2.75) is 96.8 Å². The van der Waals surface area contributed by atoms with E-state index in [4.69, 9.17) is 0 Å². The third-order valence-electron chi connectivity index (χ3n) is 3.95. The molecule has 0 radical (unpaired) electrons. The summed E-state index contributed by atoms with van der Waals surface area (Å²) in [5.74, 6) is -1.13. The molecule has 0 saturated carbocycles. The number of carbonyl (C=O) groups is 1. The molecule has 0 aromatic rings. The van der Waals surface area contributed by atoms with Gasteiger partial charge in [-0.25, -0.2) is 0 Å². The van der Waals surface area contributed by atoms with E-state index in [1.807, 2.05) is 6.08 Å². The van der Waals surface area contributed by atoms with Crippen LogP contribution in [0.3, 0.4) is 0 Å². The first-order chi connectivity index (χ1) is 10.8. The molecule has 0 aromatic carbocycles. The van der Waals surface area contributed by atoms with Crippen molar-refractivity contribution in [3.8, 4) is 0 Å². The number of unbranched alkanes of at least 4 members (excludes halogenated alkanes) is 13. The van der Waals surface area contributed by atoms with E-state index in [1.54, 1.807) is 6.08 Å². The summed E-state index contributed by atoms with van der Waals surface area (Å²) in [5.41, 5.74) is 0. The van der Waals surface area contributed by atoms with E-state index in [0.29, 0.717) is 0 Å². The summed E-state index contributed by atoms with van der Waals surface area (Å²) >= 11 is 0. The Balaban J connectivity index is 3.10. The van der Waals surface area contributed by atoms with Crippen LogP contribution in [0.1, 0.15) is 96.8 Å². The van der Waals surface area contributed by atoms with E-state index in [1.165, 1.54) is 89.5 Å². The fourth-order valence-electron chi connectivity index (χ4n) is 2.59. The van der Waals surface area contributed by atoms with E-state index >= 15 is 0 Å². The van der Waals surface area contributed by atoms with Gasteiger partial charge in [-0.1, -0.05) is 102 Å². The van der Waals surface area contributed by atoms with Crippen LogP contribution in [0, 0.1) is 0 Å². The molecule has 0 heterocycles. The van der Waals surface area contributed by atoms with Gasteiger partial charge in [0, 0.05) is 0 Å². The maximum Gasteiger partial charge on any atom is 0.0642 e. The topological polar surface area (TPSA) is 40.1 Å². The van der Waals surface area contributed by atoms with Crippen molar-refractivity contribution >= 4 is 5.97 Å². The predicted molar refractivity (Wildman–Crippen MR) is 93.6 cm³/mol. The molecule has 0 atom stereocenters. The molecule has 128 valence electrons. The second kappa shape index (κ2) is 18.0. The summed E-state index contributed by atoms with van der Waals surface area (Å²) in [7, 11) is 0. The molecule has 0 rings (SSSR count).